The average Bonchev–Trinajstić information content (AvgIpc) is 3.50. The van der Waals surface area contributed by atoms with Crippen LogP contribution >= 0.6 is 0 Å². The van der Waals surface area contributed by atoms with Crippen molar-refractivity contribution < 1.29 is 14.6 Å². The number of imidazole rings is 1. The molecule has 33 heavy (non-hydrogen) atoms. The Hall–Kier alpha value is -3.91. The monoisotopic (exact) mass is 443 g/mol. The Bertz CT molecular complexity index is 1180. The number of aryl methyl sites for hydroxylation is 1. The molecule has 8 heteroatoms. The van der Waals surface area contributed by atoms with E-state index in [1.165, 1.54) is 11.1 Å². The van der Waals surface area contributed by atoms with Crippen molar-refractivity contribution >= 4 is 6.47 Å². The molecule has 4 aromatic rings. The zero-order valence-corrected chi connectivity index (χ0v) is 18.3. The van der Waals surface area contributed by atoms with E-state index in [4.69, 9.17) is 14.6 Å². The second-order valence-corrected chi connectivity index (χ2v) is 7.85. The lowest BCUT2D eigenvalue weighted by atomic mass is 9.95. The van der Waals surface area contributed by atoms with Crippen LogP contribution in [-0.2, 0) is 16.0 Å². The highest BCUT2D eigenvalue weighted by Crippen LogP contribution is 2.32. The first-order valence-corrected chi connectivity index (χ1v) is 10.7. The highest BCUT2D eigenvalue weighted by Gasteiger charge is 2.31. The lowest BCUT2D eigenvalue weighted by molar-refractivity contribution is -0.122. The van der Waals surface area contributed by atoms with Gasteiger partial charge in [0.15, 0.2) is 5.82 Å². The number of rotatable bonds is 5. The quantitative estimate of drug-likeness (QED) is 0.468. The van der Waals surface area contributed by atoms with E-state index in [0.717, 1.165) is 35.8 Å². The number of ether oxygens (including phenoxy) is 1. The summed E-state index contributed by atoms with van der Waals surface area (Å²) < 4.78 is 8.06. The predicted octanol–water partition coefficient (Wildman–Crippen LogP) is 3.84. The largest absolute Gasteiger partial charge is 0.483 e. The Kier molecular flexibility index (Phi) is 7.16. The summed E-state index contributed by atoms with van der Waals surface area (Å²) in [5.74, 6) is 1.98. The van der Waals surface area contributed by atoms with Crippen LogP contribution in [0.5, 0.6) is 0 Å². The first-order chi connectivity index (χ1) is 16.2. The van der Waals surface area contributed by atoms with Crippen molar-refractivity contribution in [1.29, 1.82) is 0 Å². The summed E-state index contributed by atoms with van der Waals surface area (Å²) in [6.07, 6.45) is 12.2. The molecule has 1 fully saturated rings. The molecule has 5 rings (SSSR count). The van der Waals surface area contributed by atoms with Gasteiger partial charge in [0.05, 0.1) is 24.8 Å². The van der Waals surface area contributed by atoms with Gasteiger partial charge in [-0.2, -0.15) is 0 Å². The lowest BCUT2D eigenvalue weighted by Gasteiger charge is -2.21. The molecule has 3 aromatic heterocycles. The molecule has 1 saturated heterocycles. The summed E-state index contributed by atoms with van der Waals surface area (Å²) in [6.45, 7) is 3.25. The van der Waals surface area contributed by atoms with Crippen LogP contribution in [0.3, 0.4) is 0 Å². The third-order valence-electron chi connectivity index (χ3n) is 5.62. The van der Waals surface area contributed by atoms with Gasteiger partial charge in [0.1, 0.15) is 5.82 Å². The number of hydrogen-bond acceptors (Lipinski definition) is 6. The molecule has 8 nitrogen and oxygen atoms in total. The molecule has 1 aromatic carbocycles. The van der Waals surface area contributed by atoms with Gasteiger partial charge in [-0.15, -0.1) is 0 Å². The smallest absolute Gasteiger partial charge is 0.290 e. The molecule has 0 spiro atoms. The highest BCUT2D eigenvalue weighted by atomic mass is 16.5. The molecule has 0 unspecified atom stereocenters. The van der Waals surface area contributed by atoms with Crippen molar-refractivity contribution in [1.82, 2.24) is 24.5 Å². The molecule has 168 valence electrons. The van der Waals surface area contributed by atoms with E-state index in [1.54, 1.807) is 0 Å². The Morgan fingerprint density at radius 2 is 1.82 bits per heavy atom. The zero-order valence-electron chi connectivity index (χ0n) is 18.3. The average molecular weight is 444 g/mol. The van der Waals surface area contributed by atoms with Crippen LogP contribution < -0.4 is 0 Å². The number of aromatic nitrogens is 5. The van der Waals surface area contributed by atoms with Gasteiger partial charge in [-0.3, -0.25) is 9.78 Å². The summed E-state index contributed by atoms with van der Waals surface area (Å²) >= 11 is 0. The minimum atomic E-state index is -0.250. The third kappa shape index (κ3) is 5.30. The Balaban J connectivity index is 0.000000821. The van der Waals surface area contributed by atoms with Crippen LogP contribution in [0.2, 0.25) is 0 Å². The van der Waals surface area contributed by atoms with Gasteiger partial charge in [0.2, 0.25) is 0 Å². The van der Waals surface area contributed by atoms with E-state index < -0.39 is 0 Å². The summed E-state index contributed by atoms with van der Waals surface area (Å²) in [4.78, 5) is 26.3. The van der Waals surface area contributed by atoms with Crippen LogP contribution in [-0.4, -0.2) is 49.3 Å². The van der Waals surface area contributed by atoms with Crippen molar-refractivity contribution in [3.05, 3.63) is 84.7 Å². The fourth-order valence-electron chi connectivity index (χ4n) is 4.09. The highest BCUT2D eigenvalue weighted by molar-refractivity contribution is 5.59. The summed E-state index contributed by atoms with van der Waals surface area (Å²) in [7, 11) is 0. The maximum Gasteiger partial charge on any atom is 0.290 e. The zero-order chi connectivity index (χ0) is 23.0. The van der Waals surface area contributed by atoms with E-state index in [2.05, 4.69) is 55.7 Å². The number of pyridine rings is 1. The van der Waals surface area contributed by atoms with E-state index in [9.17, 15) is 0 Å². The van der Waals surface area contributed by atoms with Gasteiger partial charge in [-0.25, -0.2) is 15.0 Å². The van der Waals surface area contributed by atoms with Crippen LogP contribution in [0.1, 0.15) is 17.2 Å². The van der Waals surface area contributed by atoms with Crippen LogP contribution in [0.4, 0.5) is 0 Å². The van der Waals surface area contributed by atoms with Gasteiger partial charge < -0.3 is 14.4 Å². The molecule has 0 bridgehead atoms. The molecule has 1 N–H and O–H groups in total. The molecule has 0 aliphatic carbocycles. The number of hydrogen-bond donors (Lipinski definition) is 1. The Morgan fingerprint density at radius 1 is 1.06 bits per heavy atom. The van der Waals surface area contributed by atoms with E-state index in [-0.39, 0.29) is 12.5 Å². The van der Waals surface area contributed by atoms with Crippen molar-refractivity contribution in [2.45, 2.75) is 19.4 Å². The maximum absolute atomic E-state index is 8.36. The molecule has 4 heterocycles. The number of nitrogens with zero attached hydrogens (tertiary/aromatic N) is 5. The van der Waals surface area contributed by atoms with Crippen LogP contribution in [0.15, 0.2) is 73.6 Å². The van der Waals surface area contributed by atoms with Crippen molar-refractivity contribution in [3.63, 3.8) is 0 Å². The fraction of sp³-hybridized carbons (Fsp3) is 0.240. The Morgan fingerprint density at radius 3 is 2.55 bits per heavy atom. The lowest BCUT2D eigenvalue weighted by Crippen LogP contribution is -2.20. The summed E-state index contributed by atoms with van der Waals surface area (Å²) in [5.41, 5.74) is 4.40. The van der Waals surface area contributed by atoms with E-state index in [0.29, 0.717) is 12.5 Å². The van der Waals surface area contributed by atoms with Gasteiger partial charge in [-0.1, -0.05) is 23.8 Å². The van der Waals surface area contributed by atoms with E-state index >= 15 is 0 Å². The van der Waals surface area contributed by atoms with Gasteiger partial charge >= 0.3 is 0 Å². The van der Waals surface area contributed by atoms with Crippen molar-refractivity contribution in [2.75, 3.05) is 13.2 Å². The number of carbonyl (C=O) groups is 1. The molecular formula is C25H25N5O3. The molecule has 1 aliphatic rings. The third-order valence-corrected chi connectivity index (χ3v) is 5.62. The predicted molar refractivity (Wildman–Crippen MR) is 123 cm³/mol. The Labute approximate surface area is 192 Å². The number of carboxylic acid groups (broad SMARTS) is 1. The standard InChI is InChI=1S/C24H23N5O.CH2O2/c1-17-3-2-4-19(11-17)23-27-13-21(14-28-23)24-26-9-10-29(24)22-16-30-15-20(22)12-18-5-7-25-8-6-18;2-1-3/h2-11,13-14,20,22H,12,15-16H2,1H3;1H,(H,2,3)/t20-,22+;/m0./s1. The summed E-state index contributed by atoms with van der Waals surface area (Å²) in [5, 5.41) is 6.89. The van der Waals surface area contributed by atoms with Gasteiger partial charge in [0, 0.05) is 48.7 Å². The molecule has 2 atom stereocenters. The minimum absolute atomic E-state index is 0.229. The van der Waals surface area contributed by atoms with Crippen LogP contribution in [0, 0.1) is 12.8 Å². The molecule has 1 aliphatic heterocycles. The van der Waals surface area contributed by atoms with Crippen LogP contribution in [0.25, 0.3) is 22.8 Å². The molecule has 0 radical (unpaired) electrons. The van der Waals surface area contributed by atoms with Crippen molar-refractivity contribution in [2.24, 2.45) is 5.92 Å². The second kappa shape index (κ2) is 10.6. The maximum atomic E-state index is 8.36. The minimum Gasteiger partial charge on any atom is -0.483 e. The topological polar surface area (TPSA) is 103 Å². The SMILES string of the molecule is Cc1cccc(-c2ncc(-c3nccn3[C@@H]3COC[C@@H]3Cc3ccncc3)cn2)c1.O=CO. The summed E-state index contributed by atoms with van der Waals surface area (Å²) in [6, 6.07) is 12.6. The van der Waals surface area contributed by atoms with E-state index in [1.807, 2.05) is 49.3 Å². The first-order valence-electron chi connectivity index (χ1n) is 10.7. The molecule has 0 saturated carbocycles. The van der Waals surface area contributed by atoms with Gasteiger partial charge in [0.25, 0.3) is 6.47 Å². The second-order valence-electron chi connectivity index (χ2n) is 7.85. The number of benzene rings is 1. The van der Waals surface area contributed by atoms with Crippen molar-refractivity contribution in [3.8, 4) is 22.8 Å². The molecule has 0 amide bonds. The first kappa shape index (κ1) is 22.3. The fourth-order valence-corrected chi connectivity index (χ4v) is 4.09. The normalized spacial score (nSPS) is 17.2. The molecular weight excluding hydrogens is 418 g/mol. The van der Waals surface area contributed by atoms with Gasteiger partial charge in [-0.05, 0) is 37.1 Å².